The number of amides is 1. The number of aromatic nitrogens is 1. The van der Waals surface area contributed by atoms with Gasteiger partial charge in [0.1, 0.15) is 17.4 Å². The van der Waals surface area contributed by atoms with E-state index in [1.54, 1.807) is 57.3 Å². The van der Waals surface area contributed by atoms with E-state index < -0.39 is 23.5 Å². The number of aromatic hydroxyl groups is 1. The maximum Gasteiger partial charge on any atom is 0.329 e. The van der Waals surface area contributed by atoms with Gasteiger partial charge >= 0.3 is 5.97 Å². The van der Waals surface area contributed by atoms with Gasteiger partial charge in [0, 0.05) is 18.7 Å². The summed E-state index contributed by atoms with van der Waals surface area (Å²) >= 11 is 0. The van der Waals surface area contributed by atoms with Crippen molar-refractivity contribution in [2.75, 3.05) is 7.11 Å². The first kappa shape index (κ1) is 21.9. The zero-order valence-electron chi connectivity index (χ0n) is 17.0. The van der Waals surface area contributed by atoms with E-state index >= 15 is 0 Å². The Morgan fingerprint density at radius 3 is 2.41 bits per heavy atom. The van der Waals surface area contributed by atoms with Crippen LogP contribution >= 0.6 is 0 Å². The van der Waals surface area contributed by atoms with Crippen LogP contribution in [0.25, 0.3) is 6.08 Å². The predicted octanol–water partition coefficient (Wildman–Crippen LogP) is 2.84. The molecule has 0 unspecified atom stereocenters. The Labute approximate surface area is 170 Å². The highest BCUT2D eigenvalue weighted by Crippen LogP contribution is 2.15. The summed E-state index contributed by atoms with van der Waals surface area (Å²) in [6.45, 7) is 5.27. The van der Waals surface area contributed by atoms with Crippen LogP contribution in [0, 0.1) is 0 Å². The summed E-state index contributed by atoms with van der Waals surface area (Å²) in [4.78, 5) is 29.5. The van der Waals surface area contributed by atoms with Gasteiger partial charge in [0.05, 0.1) is 12.8 Å². The minimum atomic E-state index is -0.937. The number of nitrogens with one attached hydrogen (secondary N) is 1. The second-order valence-electron chi connectivity index (χ2n) is 7.40. The molecule has 7 nitrogen and oxygen atoms in total. The van der Waals surface area contributed by atoms with E-state index in [0.29, 0.717) is 5.69 Å². The molecular weight excluding hydrogens is 372 g/mol. The molecule has 1 aromatic carbocycles. The maximum absolute atomic E-state index is 12.7. The maximum atomic E-state index is 12.7. The van der Waals surface area contributed by atoms with Gasteiger partial charge in [0.25, 0.3) is 5.91 Å². The SMILES string of the molecule is CO/C(=C/c1ccccn1)C(=O)N[C@@H](Cc1ccc(O)cc1)C(=O)OC(C)(C)C. The molecule has 2 aromatic rings. The van der Waals surface area contributed by atoms with E-state index in [9.17, 15) is 14.7 Å². The zero-order chi connectivity index (χ0) is 21.4. The third-order valence-electron chi connectivity index (χ3n) is 3.78. The minimum Gasteiger partial charge on any atom is -0.508 e. The topological polar surface area (TPSA) is 97.8 Å². The van der Waals surface area contributed by atoms with Gasteiger partial charge in [-0.15, -0.1) is 0 Å². The van der Waals surface area contributed by atoms with Crippen molar-refractivity contribution in [3.05, 3.63) is 65.7 Å². The molecule has 7 heteroatoms. The third kappa shape index (κ3) is 7.29. The zero-order valence-corrected chi connectivity index (χ0v) is 17.0. The molecule has 1 amide bonds. The van der Waals surface area contributed by atoms with Crippen LogP contribution in [-0.2, 0) is 25.5 Å². The lowest BCUT2D eigenvalue weighted by Gasteiger charge is -2.25. The van der Waals surface area contributed by atoms with Crippen LogP contribution in [-0.4, -0.2) is 40.7 Å². The molecule has 1 heterocycles. The molecule has 2 N–H and O–H groups in total. The van der Waals surface area contributed by atoms with Gasteiger partial charge in [-0.25, -0.2) is 4.79 Å². The highest BCUT2D eigenvalue weighted by atomic mass is 16.6. The van der Waals surface area contributed by atoms with Crippen LogP contribution in [0.3, 0.4) is 0 Å². The molecule has 1 aromatic heterocycles. The van der Waals surface area contributed by atoms with Crippen LogP contribution < -0.4 is 5.32 Å². The second kappa shape index (κ2) is 9.73. The molecule has 0 aliphatic heterocycles. The Morgan fingerprint density at radius 1 is 1.17 bits per heavy atom. The number of rotatable bonds is 7. The van der Waals surface area contributed by atoms with Crippen molar-refractivity contribution in [3.8, 4) is 5.75 Å². The fourth-order valence-corrected chi connectivity index (χ4v) is 2.48. The summed E-state index contributed by atoms with van der Waals surface area (Å²) < 4.78 is 10.6. The average molecular weight is 398 g/mol. The number of methoxy groups -OCH3 is 1. The summed E-state index contributed by atoms with van der Waals surface area (Å²) in [5.41, 5.74) is 0.599. The van der Waals surface area contributed by atoms with Crippen molar-refractivity contribution >= 4 is 18.0 Å². The van der Waals surface area contributed by atoms with Gasteiger partial charge in [-0.1, -0.05) is 18.2 Å². The fraction of sp³-hybridized carbons (Fsp3) is 0.318. The number of esters is 1. The Hall–Kier alpha value is -3.35. The van der Waals surface area contributed by atoms with Gasteiger partial charge in [0.15, 0.2) is 5.76 Å². The highest BCUT2D eigenvalue weighted by Gasteiger charge is 2.28. The Morgan fingerprint density at radius 2 is 1.86 bits per heavy atom. The molecule has 29 heavy (non-hydrogen) atoms. The van der Waals surface area contributed by atoms with Crippen LogP contribution in [0.15, 0.2) is 54.4 Å². The molecular formula is C22H26N2O5. The number of ether oxygens (including phenoxy) is 2. The summed E-state index contributed by atoms with van der Waals surface area (Å²) in [6.07, 6.45) is 3.29. The molecule has 0 saturated carbocycles. The monoisotopic (exact) mass is 398 g/mol. The lowest BCUT2D eigenvalue weighted by atomic mass is 10.0. The number of hydrogen-bond acceptors (Lipinski definition) is 6. The lowest BCUT2D eigenvalue weighted by molar-refractivity contribution is -0.158. The molecule has 1 atom stereocenters. The number of carbonyl (C=O) groups is 2. The van der Waals surface area contributed by atoms with E-state index in [2.05, 4.69) is 10.3 Å². The summed E-state index contributed by atoms with van der Waals surface area (Å²) in [5, 5.41) is 12.1. The minimum absolute atomic E-state index is 0.0166. The van der Waals surface area contributed by atoms with Crippen molar-refractivity contribution in [2.24, 2.45) is 0 Å². The number of hydrogen-bond donors (Lipinski definition) is 2. The fourth-order valence-electron chi connectivity index (χ4n) is 2.48. The molecule has 0 fully saturated rings. The number of benzene rings is 1. The molecule has 0 spiro atoms. The van der Waals surface area contributed by atoms with E-state index in [1.807, 2.05) is 0 Å². The Kier molecular flexibility index (Phi) is 7.36. The van der Waals surface area contributed by atoms with E-state index in [1.165, 1.54) is 25.3 Å². The molecule has 0 aliphatic carbocycles. The molecule has 154 valence electrons. The lowest BCUT2D eigenvalue weighted by Crippen LogP contribution is -2.46. The van der Waals surface area contributed by atoms with Crippen LogP contribution in [0.4, 0.5) is 0 Å². The molecule has 2 rings (SSSR count). The second-order valence-corrected chi connectivity index (χ2v) is 7.40. The Bertz CT molecular complexity index is 855. The van der Waals surface area contributed by atoms with Crippen molar-refractivity contribution in [1.29, 1.82) is 0 Å². The van der Waals surface area contributed by atoms with Gasteiger partial charge in [-0.2, -0.15) is 0 Å². The van der Waals surface area contributed by atoms with E-state index in [0.717, 1.165) is 5.56 Å². The van der Waals surface area contributed by atoms with Crippen molar-refractivity contribution < 1.29 is 24.2 Å². The van der Waals surface area contributed by atoms with Gasteiger partial charge in [-0.3, -0.25) is 9.78 Å². The van der Waals surface area contributed by atoms with E-state index in [-0.39, 0.29) is 17.9 Å². The smallest absolute Gasteiger partial charge is 0.329 e. The van der Waals surface area contributed by atoms with Gasteiger partial charge in [-0.05, 0) is 50.6 Å². The normalized spacial score (nSPS) is 12.8. The van der Waals surface area contributed by atoms with Gasteiger partial charge in [0.2, 0.25) is 0 Å². The van der Waals surface area contributed by atoms with Crippen molar-refractivity contribution in [1.82, 2.24) is 10.3 Å². The summed E-state index contributed by atoms with van der Waals surface area (Å²) in [5.74, 6) is -0.991. The number of phenolic OH excluding ortho intramolecular Hbond substituents is 1. The molecule has 0 aliphatic rings. The molecule has 0 bridgehead atoms. The summed E-state index contributed by atoms with van der Waals surface area (Å²) in [6, 6.07) is 10.7. The number of phenols is 1. The molecule has 0 saturated heterocycles. The standard InChI is InChI=1S/C22H26N2O5/c1-22(2,3)29-21(27)18(13-15-8-10-17(25)11-9-15)24-20(26)19(28-4)14-16-7-5-6-12-23-16/h5-12,14,18,25H,13H2,1-4H3,(H,24,26)/b19-14+/t18-/m0/s1. The predicted molar refractivity (Wildman–Crippen MR) is 109 cm³/mol. The number of pyridine rings is 1. The van der Waals surface area contributed by atoms with Crippen LogP contribution in [0.5, 0.6) is 5.75 Å². The van der Waals surface area contributed by atoms with Crippen molar-refractivity contribution in [2.45, 2.75) is 38.8 Å². The molecule has 0 radical (unpaired) electrons. The van der Waals surface area contributed by atoms with Crippen LogP contribution in [0.2, 0.25) is 0 Å². The first-order valence-corrected chi connectivity index (χ1v) is 9.16. The van der Waals surface area contributed by atoms with E-state index in [4.69, 9.17) is 9.47 Å². The average Bonchev–Trinajstić information content (AvgIpc) is 2.66. The first-order valence-electron chi connectivity index (χ1n) is 9.16. The number of nitrogens with zero attached hydrogens (tertiary/aromatic N) is 1. The quantitative estimate of drug-likeness (QED) is 0.423. The first-order chi connectivity index (χ1) is 13.7. The van der Waals surface area contributed by atoms with Crippen molar-refractivity contribution in [3.63, 3.8) is 0 Å². The third-order valence-corrected chi connectivity index (χ3v) is 3.78. The highest BCUT2D eigenvalue weighted by molar-refractivity contribution is 5.98. The summed E-state index contributed by atoms with van der Waals surface area (Å²) in [7, 11) is 1.37. The van der Waals surface area contributed by atoms with Crippen LogP contribution in [0.1, 0.15) is 32.0 Å². The largest absolute Gasteiger partial charge is 0.508 e. The van der Waals surface area contributed by atoms with Gasteiger partial charge < -0.3 is 19.9 Å². The Balaban J connectivity index is 2.22. The number of carbonyl (C=O) groups excluding carboxylic acids is 2.